The maximum Gasteiger partial charge on any atom is 0.193 e. The number of nitrogens with one attached hydrogen (secondary N) is 1. The number of morpholine rings is 1. The molecule has 0 spiro atoms. The lowest BCUT2D eigenvalue weighted by Crippen LogP contribution is -2.48. The Morgan fingerprint density at radius 2 is 2.27 bits per heavy atom. The van der Waals surface area contributed by atoms with Gasteiger partial charge < -0.3 is 15.0 Å². The molecule has 1 aromatic rings. The lowest BCUT2D eigenvalue weighted by atomic mass is 10.0. The van der Waals surface area contributed by atoms with E-state index in [1.807, 2.05) is 18.8 Å². The van der Waals surface area contributed by atoms with Gasteiger partial charge in [-0.25, -0.2) is 0 Å². The third-order valence-corrected chi connectivity index (χ3v) is 4.62. The van der Waals surface area contributed by atoms with Gasteiger partial charge in [-0.3, -0.25) is 4.99 Å². The molecule has 5 heteroatoms. The molecule has 1 unspecified atom stereocenters. The summed E-state index contributed by atoms with van der Waals surface area (Å²) in [6, 6.07) is 8.47. The Labute approximate surface area is 138 Å². The van der Waals surface area contributed by atoms with Crippen LogP contribution in [0, 0.1) is 6.92 Å². The van der Waals surface area contributed by atoms with E-state index in [9.17, 15) is 0 Å². The molecule has 0 aliphatic carbocycles. The highest BCUT2D eigenvalue weighted by Crippen LogP contribution is 2.24. The minimum atomic E-state index is 0.125. The summed E-state index contributed by atoms with van der Waals surface area (Å²) in [5.74, 6) is 2.17. The van der Waals surface area contributed by atoms with E-state index in [4.69, 9.17) is 4.74 Å². The molecular formula is C17H27N3OS. The van der Waals surface area contributed by atoms with Crippen LogP contribution < -0.4 is 5.32 Å². The second-order valence-corrected chi connectivity index (χ2v) is 6.47. The number of thioether (sulfide) groups is 1. The van der Waals surface area contributed by atoms with E-state index in [0.29, 0.717) is 0 Å². The summed E-state index contributed by atoms with van der Waals surface area (Å²) in [6.07, 6.45) is 3.43. The van der Waals surface area contributed by atoms with Gasteiger partial charge >= 0.3 is 0 Å². The van der Waals surface area contributed by atoms with Gasteiger partial charge in [-0.05, 0) is 36.5 Å². The third-order valence-electron chi connectivity index (χ3n) is 3.92. The highest BCUT2D eigenvalue weighted by molar-refractivity contribution is 7.98. The van der Waals surface area contributed by atoms with Crippen molar-refractivity contribution in [3.8, 4) is 0 Å². The minimum Gasteiger partial charge on any atom is -0.370 e. The molecule has 1 heterocycles. The van der Waals surface area contributed by atoms with Crippen molar-refractivity contribution in [2.75, 3.05) is 45.3 Å². The fraction of sp³-hybridized carbons (Fsp3) is 0.588. The van der Waals surface area contributed by atoms with E-state index in [1.165, 1.54) is 16.9 Å². The SMILES string of the molecule is CN=C(NCCCSC)N1CCOC(c2ccccc2C)C1. The van der Waals surface area contributed by atoms with Crippen molar-refractivity contribution in [2.45, 2.75) is 19.4 Å². The predicted octanol–water partition coefficient (Wildman–Crippen LogP) is 2.70. The van der Waals surface area contributed by atoms with Crippen LogP contribution in [0.2, 0.25) is 0 Å². The molecule has 1 aliphatic heterocycles. The van der Waals surface area contributed by atoms with Crippen molar-refractivity contribution >= 4 is 17.7 Å². The third kappa shape index (κ3) is 4.65. The molecule has 0 aromatic heterocycles. The van der Waals surface area contributed by atoms with E-state index in [0.717, 1.165) is 38.6 Å². The molecule has 0 bridgehead atoms. The smallest absolute Gasteiger partial charge is 0.193 e. The predicted molar refractivity (Wildman–Crippen MR) is 95.8 cm³/mol. The monoisotopic (exact) mass is 321 g/mol. The fourth-order valence-corrected chi connectivity index (χ4v) is 3.16. The van der Waals surface area contributed by atoms with Crippen LogP contribution in [0.1, 0.15) is 23.7 Å². The van der Waals surface area contributed by atoms with E-state index in [2.05, 4.69) is 52.7 Å². The van der Waals surface area contributed by atoms with Crippen LogP contribution in [0.25, 0.3) is 0 Å². The fourth-order valence-electron chi connectivity index (χ4n) is 2.73. The molecule has 4 nitrogen and oxygen atoms in total. The summed E-state index contributed by atoms with van der Waals surface area (Å²) in [6.45, 7) is 5.61. The molecule has 2 rings (SSSR count). The topological polar surface area (TPSA) is 36.9 Å². The number of hydrogen-bond acceptors (Lipinski definition) is 3. The summed E-state index contributed by atoms with van der Waals surface area (Å²) in [7, 11) is 1.86. The maximum absolute atomic E-state index is 5.98. The first kappa shape index (κ1) is 17.2. The van der Waals surface area contributed by atoms with E-state index in [1.54, 1.807) is 0 Å². The molecule has 1 atom stereocenters. The largest absolute Gasteiger partial charge is 0.370 e. The Hall–Kier alpha value is -1.20. The van der Waals surface area contributed by atoms with Gasteiger partial charge in [0.2, 0.25) is 0 Å². The number of nitrogens with zero attached hydrogens (tertiary/aromatic N) is 2. The van der Waals surface area contributed by atoms with Crippen LogP contribution in [0.4, 0.5) is 0 Å². The van der Waals surface area contributed by atoms with Crippen LogP contribution in [0.5, 0.6) is 0 Å². The number of ether oxygens (including phenoxy) is 1. The van der Waals surface area contributed by atoms with Gasteiger partial charge in [-0.2, -0.15) is 11.8 Å². The number of guanidine groups is 1. The molecule has 0 saturated carbocycles. The number of benzene rings is 1. The first-order chi connectivity index (χ1) is 10.8. The van der Waals surface area contributed by atoms with Gasteiger partial charge in [0.05, 0.1) is 13.2 Å². The van der Waals surface area contributed by atoms with Crippen molar-refractivity contribution in [3.63, 3.8) is 0 Å². The summed E-state index contributed by atoms with van der Waals surface area (Å²) in [5, 5.41) is 3.47. The van der Waals surface area contributed by atoms with E-state index >= 15 is 0 Å². The number of hydrogen-bond donors (Lipinski definition) is 1. The second-order valence-electron chi connectivity index (χ2n) is 5.48. The Morgan fingerprint density at radius 1 is 1.45 bits per heavy atom. The van der Waals surface area contributed by atoms with Gasteiger partial charge in [-0.15, -0.1) is 0 Å². The highest BCUT2D eigenvalue weighted by atomic mass is 32.2. The number of aryl methyl sites for hydroxylation is 1. The Bertz CT molecular complexity index is 493. The lowest BCUT2D eigenvalue weighted by molar-refractivity contribution is -0.00829. The van der Waals surface area contributed by atoms with Crippen LogP contribution >= 0.6 is 11.8 Å². The Kier molecular flexibility index (Phi) is 7.06. The Balaban J connectivity index is 1.96. The molecule has 0 radical (unpaired) electrons. The van der Waals surface area contributed by atoms with Gasteiger partial charge in [0.1, 0.15) is 6.10 Å². The average Bonchev–Trinajstić information content (AvgIpc) is 2.55. The van der Waals surface area contributed by atoms with Crippen molar-refractivity contribution in [1.29, 1.82) is 0 Å². The highest BCUT2D eigenvalue weighted by Gasteiger charge is 2.24. The van der Waals surface area contributed by atoms with Crippen molar-refractivity contribution < 1.29 is 4.74 Å². The molecule has 1 N–H and O–H groups in total. The molecule has 0 amide bonds. The normalized spacial score (nSPS) is 19.3. The lowest BCUT2D eigenvalue weighted by Gasteiger charge is -2.35. The van der Waals surface area contributed by atoms with Gasteiger partial charge in [0.25, 0.3) is 0 Å². The van der Waals surface area contributed by atoms with Crippen LogP contribution in [0.15, 0.2) is 29.3 Å². The van der Waals surface area contributed by atoms with E-state index in [-0.39, 0.29) is 6.10 Å². The second kappa shape index (κ2) is 9.06. The van der Waals surface area contributed by atoms with Crippen molar-refractivity contribution in [2.24, 2.45) is 4.99 Å². The molecule has 1 fully saturated rings. The summed E-state index contributed by atoms with van der Waals surface area (Å²) in [4.78, 5) is 6.73. The summed E-state index contributed by atoms with van der Waals surface area (Å²) < 4.78 is 5.98. The van der Waals surface area contributed by atoms with Crippen LogP contribution in [-0.2, 0) is 4.74 Å². The zero-order chi connectivity index (χ0) is 15.8. The molecule has 1 saturated heterocycles. The molecule has 122 valence electrons. The van der Waals surface area contributed by atoms with Crippen LogP contribution in [0.3, 0.4) is 0 Å². The van der Waals surface area contributed by atoms with Crippen molar-refractivity contribution in [3.05, 3.63) is 35.4 Å². The maximum atomic E-state index is 5.98. The quantitative estimate of drug-likeness (QED) is 0.514. The van der Waals surface area contributed by atoms with E-state index < -0.39 is 0 Å². The Morgan fingerprint density at radius 3 is 3.00 bits per heavy atom. The number of rotatable bonds is 5. The summed E-state index contributed by atoms with van der Waals surface area (Å²) >= 11 is 1.88. The van der Waals surface area contributed by atoms with Gasteiger partial charge in [0, 0.05) is 20.1 Å². The van der Waals surface area contributed by atoms with Crippen molar-refractivity contribution in [1.82, 2.24) is 10.2 Å². The molecular weight excluding hydrogens is 294 g/mol. The standard InChI is InChI=1S/C17H27N3OS/c1-14-7-4-5-8-15(14)16-13-20(10-11-21-16)17(18-2)19-9-6-12-22-3/h4-5,7-8,16H,6,9-13H2,1-3H3,(H,18,19). The molecule has 22 heavy (non-hydrogen) atoms. The first-order valence-electron chi connectivity index (χ1n) is 7.88. The summed E-state index contributed by atoms with van der Waals surface area (Å²) in [5.41, 5.74) is 2.57. The average molecular weight is 321 g/mol. The first-order valence-corrected chi connectivity index (χ1v) is 9.27. The van der Waals surface area contributed by atoms with Crippen LogP contribution in [-0.4, -0.2) is 56.2 Å². The molecule has 1 aromatic carbocycles. The van der Waals surface area contributed by atoms with Gasteiger partial charge in [-0.1, -0.05) is 24.3 Å². The zero-order valence-corrected chi connectivity index (χ0v) is 14.7. The zero-order valence-electron chi connectivity index (χ0n) is 13.8. The molecule has 1 aliphatic rings. The number of aliphatic imine (C=N–C) groups is 1. The van der Waals surface area contributed by atoms with Gasteiger partial charge in [0.15, 0.2) is 5.96 Å². The minimum absolute atomic E-state index is 0.125.